The van der Waals surface area contributed by atoms with E-state index in [4.69, 9.17) is 16.7 Å². The highest BCUT2D eigenvalue weighted by molar-refractivity contribution is 6.30. The van der Waals surface area contributed by atoms with Crippen LogP contribution in [0.5, 0.6) is 0 Å². The lowest BCUT2D eigenvalue weighted by atomic mass is 10.2. The molecule has 21 heavy (non-hydrogen) atoms. The first-order valence-electron chi connectivity index (χ1n) is 6.34. The number of carboxylic acid groups (broad SMARTS) is 1. The van der Waals surface area contributed by atoms with Crippen molar-refractivity contribution in [3.05, 3.63) is 34.9 Å². The molecule has 1 atom stereocenters. The van der Waals surface area contributed by atoms with Gasteiger partial charge in [-0.15, -0.1) is 0 Å². The minimum Gasteiger partial charge on any atom is -0.481 e. The molecule has 0 aliphatic carbocycles. The summed E-state index contributed by atoms with van der Waals surface area (Å²) in [7, 11) is 0. The lowest BCUT2D eigenvalue weighted by Gasteiger charge is -2.21. The quantitative estimate of drug-likeness (QED) is 0.872. The number of amides is 3. The highest BCUT2D eigenvalue weighted by atomic mass is 35.5. The van der Waals surface area contributed by atoms with E-state index in [1.165, 1.54) is 13.8 Å². The molecule has 1 aromatic carbocycles. The Morgan fingerprint density at radius 2 is 1.86 bits per heavy atom. The minimum atomic E-state index is -1.06. The van der Waals surface area contributed by atoms with Gasteiger partial charge in [-0.2, -0.15) is 0 Å². The number of halogens is 1. The van der Waals surface area contributed by atoms with Gasteiger partial charge in [-0.05, 0) is 17.7 Å². The maximum absolute atomic E-state index is 12.0. The Morgan fingerprint density at radius 1 is 1.29 bits per heavy atom. The summed E-state index contributed by atoms with van der Waals surface area (Å²) in [5, 5.41) is 12.0. The van der Waals surface area contributed by atoms with Gasteiger partial charge in [0.25, 0.3) is 0 Å². The van der Waals surface area contributed by atoms with Crippen LogP contribution >= 0.6 is 11.6 Å². The first kappa shape index (κ1) is 17.0. The number of carbonyl (C=O) groups is 3. The molecule has 0 aliphatic rings. The van der Waals surface area contributed by atoms with Crippen molar-refractivity contribution >= 4 is 29.5 Å². The van der Waals surface area contributed by atoms with Crippen LogP contribution < -0.4 is 5.32 Å². The topological polar surface area (TPSA) is 86.7 Å². The summed E-state index contributed by atoms with van der Waals surface area (Å²) >= 11 is 5.76. The average molecular weight is 313 g/mol. The Labute approximate surface area is 127 Å². The van der Waals surface area contributed by atoms with Crippen LogP contribution in [0.15, 0.2) is 24.3 Å². The van der Waals surface area contributed by atoms with Crippen molar-refractivity contribution in [2.24, 2.45) is 5.92 Å². The molecule has 0 saturated carbocycles. The molecule has 0 radical (unpaired) electrons. The van der Waals surface area contributed by atoms with Gasteiger partial charge in [-0.1, -0.05) is 30.7 Å². The van der Waals surface area contributed by atoms with Crippen molar-refractivity contribution in [1.29, 1.82) is 0 Å². The van der Waals surface area contributed by atoms with Crippen molar-refractivity contribution in [2.75, 3.05) is 6.54 Å². The fraction of sp³-hybridized carbons (Fsp3) is 0.357. The second-order valence-corrected chi connectivity index (χ2v) is 5.09. The van der Waals surface area contributed by atoms with Crippen LogP contribution in [0.2, 0.25) is 5.02 Å². The van der Waals surface area contributed by atoms with E-state index in [-0.39, 0.29) is 13.1 Å². The minimum absolute atomic E-state index is 0.170. The van der Waals surface area contributed by atoms with Crippen molar-refractivity contribution in [1.82, 2.24) is 10.2 Å². The molecular formula is C14H17ClN2O4. The van der Waals surface area contributed by atoms with Crippen molar-refractivity contribution < 1.29 is 19.5 Å². The van der Waals surface area contributed by atoms with E-state index >= 15 is 0 Å². The number of aliphatic carboxylic acids is 1. The maximum Gasteiger partial charge on any atom is 0.324 e. The highest BCUT2D eigenvalue weighted by Crippen LogP contribution is 2.09. The normalized spacial score (nSPS) is 11.6. The van der Waals surface area contributed by atoms with E-state index in [1.807, 2.05) is 0 Å². The molecule has 6 nitrogen and oxygen atoms in total. The first-order chi connectivity index (χ1) is 9.81. The summed E-state index contributed by atoms with van der Waals surface area (Å²) in [5.74, 6) is -2.39. The number of carbonyl (C=O) groups excluding carboxylic acids is 2. The van der Waals surface area contributed by atoms with Gasteiger partial charge in [0.15, 0.2) is 0 Å². The van der Waals surface area contributed by atoms with Gasteiger partial charge >= 0.3 is 12.0 Å². The van der Waals surface area contributed by atoms with Crippen LogP contribution in [0.1, 0.15) is 19.4 Å². The summed E-state index contributed by atoms with van der Waals surface area (Å²) in [6.45, 7) is 2.71. The number of hydrogen-bond acceptors (Lipinski definition) is 3. The van der Waals surface area contributed by atoms with Gasteiger partial charge in [0.1, 0.15) is 0 Å². The van der Waals surface area contributed by atoms with E-state index in [1.54, 1.807) is 24.3 Å². The molecule has 0 saturated heterocycles. The van der Waals surface area contributed by atoms with Crippen LogP contribution in [-0.2, 0) is 16.1 Å². The first-order valence-corrected chi connectivity index (χ1v) is 6.72. The number of rotatable bonds is 5. The number of imide groups is 1. The molecule has 7 heteroatoms. The third kappa shape index (κ3) is 5.43. The van der Waals surface area contributed by atoms with E-state index in [2.05, 4.69) is 5.32 Å². The Balaban J connectivity index is 2.63. The zero-order chi connectivity index (χ0) is 16.0. The van der Waals surface area contributed by atoms with Gasteiger partial charge in [0, 0.05) is 25.0 Å². The average Bonchev–Trinajstić information content (AvgIpc) is 2.43. The SMILES string of the molecule is CC(=O)N(C[C@H](C)C(=O)O)C(=O)NCc1ccc(Cl)cc1. The van der Waals surface area contributed by atoms with Crippen LogP contribution in [0.25, 0.3) is 0 Å². The van der Waals surface area contributed by atoms with E-state index in [9.17, 15) is 14.4 Å². The van der Waals surface area contributed by atoms with Crippen LogP contribution in [-0.4, -0.2) is 34.5 Å². The number of urea groups is 1. The summed E-state index contributed by atoms with van der Waals surface area (Å²) in [4.78, 5) is 35.1. The molecule has 0 heterocycles. The highest BCUT2D eigenvalue weighted by Gasteiger charge is 2.23. The van der Waals surface area contributed by atoms with Gasteiger partial charge < -0.3 is 10.4 Å². The van der Waals surface area contributed by atoms with E-state index in [0.29, 0.717) is 5.02 Å². The second-order valence-electron chi connectivity index (χ2n) is 4.65. The molecule has 0 unspecified atom stereocenters. The molecule has 114 valence electrons. The summed E-state index contributed by atoms with van der Waals surface area (Å²) in [5.41, 5.74) is 0.822. The number of carboxylic acids is 1. The third-order valence-corrected chi connectivity index (χ3v) is 3.11. The maximum atomic E-state index is 12.0. The number of nitrogens with zero attached hydrogens (tertiary/aromatic N) is 1. The van der Waals surface area contributed by atoms with Gasteiger partial charge in [0.05, 0.1) is 5.92 Å². The zero-order valence-electron chi connectivity index (χ0n) is 11.8. The van der Waals surface area contributed by atoms with E-state index in [0.717, 1.165) is 10.5 Å². The van der Waals surface area contributed by atoms with Crippen molar-refractivity contribution in [2.45, 2.75) is 20.4 Å². The molecule has 3 amide bonds. The number of hydrogen-bond donors (Lipinski definition) is 2. The summed E-state index contributed by atoms with van der Waals surface area (Å²) in [6, 6.07) is 6.27. The summed E-state index contributed by atoms with van der Waals surface area (Å²) in [6.07, 6.45) is 0. The molecule has 0 bridgehead atoms. The largest absolute Gasteiger partial charge is 0.481 e. The molecule has 0 fully saturated rings. The lowest BCUT2D eigenvalue weighted by molar-refractivity contribution is -0.142. The van der Waals surface area contributed by atoms with Gasteiger partial charge in [0.2, 0.25) is 5.91 Å². The summed E-state index contributed by atoms with van der Waals surface area (Å²) < 4.78 is 0. The molecule has 0 spiro atoms. The Kier molecular flexibility index (Phi) is 6.17. The molecular weight excluding hydrogens is 296 g/mol. The van der Waals surface area contributed by atoms with Crippen molar-refractivity contribution in [3.63, 3.8) is 0 Å². The van der Waals surface area contributed by atoms with Crippen LogP contribution in [0, 0.1) is 5.92 Å². The van der Waals surface area contributed by atoms with Gasteiger partial charge in [-0.25, -0.2) is 4.79 Å². The monoisotopic (exact) mass is 312 g/mol. The zero-order valence-corrected chi connectivity index (χ0v) is 12.6. The second kappa shape index (κ2) is 7.64. The third-order valence-electron chi connectivity index (χ3n) is 2.86. The smallest absolute Gasteiger partial charge is 0.324 e. The van der Waals surface area contributed by atoms with Crippen molar-refractivity contribution in [3.8, 4) is 0 Å². The fourth-order valence-corrected chi connectivity index (χ4v) is 1.71. The number of nitrogens with one attached hydrogen (secondary N) is 1. The lowest BCUT2D eigenvalue weighted by Crippen LogP contribution is -2.45. The number of benzene rings is 1. The predicted molar refractivity (Wildman–Crippen MR) is 77.9 cm³/mol. The standard InChI is InChI=1S/C14H17ClN2O4/c1-9(13(19)20)8-17(10(2)18)14(21)16-7-11-3-5-12(15)6-4-11/h3-6,9H,7-8H2,1-2H3,(H,16,21)(H,19,20)/t9-/m0/s1. The van der Waals surface area contributed by atoms with E-state index < -0.39 is 23.8 Å². The predicted octanol–water partition coefficient (Wildman–Crippen LogP) is 2.12. The Hall–Kier alpha value is -2.08. The molecule has 0 aromatic heterocycles. The Morgan fingerprint density at radius 3 is 2.33 bits per heavy atom. The molecule has 1 rings (SSSR count). The molecule has 0 aliphatic heterocycles. The van der Waals surface area contributed by atoms with Gasteiger partial charge in [-0.3, -0.25) is 14.5 Å². The molecule has 1 aromatic rings. The van der Waals surface area contributed by atoms with Crippen LogP contribution in [0.3, 0.4) is 0 Å². The molecule has 2 N–H and O–H groups in total. The fourth-order valence-electron chi connectivity index (χ4n) is 1.58. The van der Waals surface area contributed by atoms with Crippen LogP contribution in [0.4, 0.5) is 4.79 Å². The Bertz CT molecular complexity index is 530.